The van der Waals surface area contributed by atoms with Crippen molar-refractivity contribution in [3.8, 4) is 0 Å². The van der Waals surface area contributed by atoms with Crippen LogP contribution in [0.3, 0.4) is 0 Å². The van der Waals surface area contributed by atoms with E-state index in [-0.39, 0.29) is 0 Å². The predicted octanol–water partition coefficient (Wildman–Crippen LogP) is -5.34. The van der Waals surface area contributed by atoms with Gasteiger partial charge < -0.3 is 45.2 Å². The van der Waals surface area contributed by atoms with E-state index in [2.05, 4.69) is 4.74 Å². The van der Waals surface area contributed by atoms with Crippen LogP contribution in [-0.2, 0) is 19.1 Å². The first-order valence-electron chi connectivity index (χ1n) is 6.73. The largest absolute Gasteiger partial charge is 0.450 e. The number of Topliss-reactive ketones (excluding diaryl/α,β-unsaturated/α-hetero) is 1. The Hall–Kier alpha value is -1.18. The highest BCUT2D eigenvalue weighted by molar-refractivity contribution is 6.37. The average molecular weight is 340 g/mol. The van der Waals surface area contributed by atoms with Crippen molar-refractivity contribution >= 4 is 11.8 Å². The molecule has 0 amide bonds. The summed E-state index contributed by atoms with van der Waals surface area (Å²) >= 11 is 0. The van der Waals surface area contributed by atoms with E-state index in [1.807, 2.05) is 0 Å². The van der Waals surface area contributed by atoms with Crippen LogP contribution in [0.25, 0.3) is 0 Å². The molecule has 1 rings (SSSR count). The minimum absolute atomic E-state index is 0.752. The van der Waals surface area contributed by atoms with Gasteiger partial charge in [-0.05, 0) is 0 Å². The van der Waals surface area contributed by atoms with Gasteiger partial charge in [0.05, 0.1) is 19.8 Å². The second-order valence-corrected chi connectivity index (χ2v) is 5.04. The molecule has 0 aromatic carbocycles. The van der Waals surface area contributed by atoms with Crippen LogP contribution in [0.5, 0.6) is 0 Å². The lowest BCUT2D eigenvalue weighted by Crippen LogP contribution is -2.49. The second kappa shape index (κ2) is 8.61. The Kier molecular flexibility index (Phi) is 7.44. The molecule has 0 aromatic heterocycles. The summed E-state index contributed by atoms with van der Waals surface area (Å²) in [5, 5.41) is 64.7. The van der Waals surface area contributed by atoms with Crippen molar-refractivity contribution in [3.05, 3.63) is 0 Å². The summed E-state index contributed by atoms with van der Waals surface area (Å²) in [6.45, 7) is -2.42. The lowest BCUT2D eigenvalue weighted by Gasteiger charge is -2.27. The number of ketones is 1. The fraction of sp³-hybridized carbons (Fsp3) is 0.833. The van der Waals surface area contributed by atoms with Crippen molar-refractivity contribution in [3.63, 3.8) is 0 Å². The van der Waals surface area contributed by atoms with Gasteiger partial charge in [-0.25, -0.2) is 4.79 Å². The molecular formula is C12H20O11. The lowest BCUT2D eigenvalue weighted by molar-refractivity contribution is -0.154. The molecule has 1 aliphatic rings. The van der Waals surface area contributed by atoms with Crippen molar-refractivity contribution in [2.24, 2.45) is 0 Å². The van der Waals surface area contributed by atoms with Gasteiger partial charge in [0.1, 0.15) is 30.5 Å². The van der Waals surface area contributed by atoms with Crippen molar-refractivity contribution in [2.45, 2.75) is 42.7 Å². The van der Waals surface area contributed by atoms with Crippen LogP contribution in [0.4, 0.5) is 0 Å². The van der Waals surface area contributed by atoms with Crippen LogP contribution in [0.15, 0.2) is 0 Å². The van der Waals surface area contributed by atoms with E-state index in [9.17, 15) is 30.0 Å². The maximum absolute atomic E-state index is 11.5. The maximum Gasteiger partial charge on any atom is 0.378 e. The average Bonchev–Trinajstić information content (AvgIpc) is 2.84. The highest BCUT2D eigenvalue weighted by Gasteiger charge is 2.48. The lowest BCUT2D eigenvalue weighted by atomic mass is 10.0. The molecule has 1 heterocycles. The Labute approximate surface area is 130 Å². The van der Waals surface area contributed by atoms with Crippen LogP contribution in [0, 0.1) is 0 Å². The van der Waals surface area contributed by atoms with Gasteiger partial charge in [-0.1, -0.05) is 0 Å². The fourth-order valence-corrected chi connectivity index (χ4v) is 1.93. The summed E-state index contributed by atoms with van der Waals surface area (Å²) < 4.78 is 9.48. The first-order chi connectivity index (χ1) is 10.7. The van der Waals surface area contributed by atoms with Crippen LogP contribution >= 0.6 is 0 Å². The van der Waals surface area contributed by atoms with E-state index in [0.717, 1.165) is 0 Å². The number of cyclic esters (lactones) is 1. The Balaban J connectivity index is 2.64. The molecule has 1 saturated heterocycles. The van der Waals surface area contributed by atoms with Crippen molar-refractivity contribution < 1.29 is 54.8 Å². The van der Waals surface area contributed by atoms with Gasteiger partial charge in [0.2, 0.25) is 0 Å². The van der Waals surface area contributed by atoms with Gasteiger partial charge in [0, 0.05) is 0 Å². The molecule has 0 spiro atoms. The molecule has 7 atom stereocenters. The SMILES string of the molecule is O=C1O[C@H]([C@H](O)CO)C(OC[C@H](O)[C@@H](O)[C@H](O)[C@H](O)CO)C1=O. The zero-order chi connectivity index (χ0) is 17.7. The molecular weight excluding hydrogens is 320 g/mol. The number of ether oxygens (including phenoxy) is 2. The van der Waals surface area contributed by atoms with Gasteiger partial charge in [-0.3, -0.25) is 4.79 Å². The summed E-state index contributed by atoms with van der Waals surface area (Å²) in [6, 6.07) is 0. The standard InChI is InChI=1S/C12H20O11/c13-1-4(15)7(18)8(19)6(17)3-22-11-9(20)12(21)23-10(11)5(16)2-14/h4-8,10-11,13-19H,1-3H2/t4-,5-,6+,7-,8-,10-,11?/m1/s1. The molecule has 134 valence electrons. The Morgan fingerprint density at radius 3 is 2.04 bits per heavy atom. The zero-order valence-electron chi connectivity index (χ0n) is 11.9. The zero-order valence-corrected chi connectivity index (χ0v) is 11.9. The molecule has 0 aromatic rings. The quantitative estimate of drug-likeness (QED) is 0.156. The normalized spacial score (nSPS) is 28.1. The van der Waals surface area contributed by atoms with Gasteiger partial charge in [-0.15, -0.1) is 0 Å². The molecule has 1 fully saturated rings. The Morgan fingerprint density at radius 1 is 0.957 bits per heavy atom. The second-order valence-electron chi connectivity index (χ2n) is 5.04. The fourth-order valence-electron chi connectivity index (χ4n) is 1.93. The third-order valence-electron chi connectivity index (χ3n) is 3.34. The summed E-state index contributed by atoms with van der Waals surface area (Å²) in [6.07, 6.45) is -11.9. The molecule has 0 saturated carbocycles. The molecule has 0 bridgehead atoms. The number of hydrogen-bond donors (Lipinski definition) is 7. The number of carbonyl (C=O) groups excluding carboxylic acids is 2. The summed E-state index contributed by atoms with van der Waals surface area (Å²) in [7, 11) is 0. The van der Waals surface area contributed by atoms with Crippen LogP contribution in [-0.4, -0.2) is 110 Å². The Morgan fingerprint density at radius 2 is 1.52 bits per heavy atom. The third-order valence-corrected chi connectivity index (χ3v) is 3.34. The number of aliphatic hydroxyl groups is 7. The van der Waals surface area contributed by atoms with Crippen molar-refractivity contribution in [1.29, 1.82) is 0 Å². The molecule has 11 nitrogen and oxygen atoms in total. The number of rotatable bonds is 9. The van der Waals surface area contributed by atoms with E-state index < -0.39 is 74.3 Å². The van der Waals surface area contributed by atoms with E-state index >= 15 is 0 Å². The van der Waals surface area contributed by atoms with Crippen LogP contribution in [0.1, 0.15) is 0 Å². The maximum atomic E-state index is 11.5. The summed E-state index contributed by atoms with van der Waals surface area (Å²) in [5.41, 5.74) is 0. The summed E-state index contributed by atoms with van der Waals surface area (Å²) in [5.74, 6) is -2.42. The van der Waals surface area contributed by atoms with Crippen LogP contribution < -0.4 is 0 Å². The highest BCUT2D eigenvalue weighted by atomic mass is 16.6. The summed E-state index contributed by atoms with van der Waals surface area (Å²) in [4.78, 5) is 22.7. The van der Waals surface area contributed by atoms with E-state index in [1.165, 1.54) is 0 Å². The van der Waals surface area contributed by atoms with Gasteiger partial charge in [0.15, 0.2) is 12.2 Å². The number of esters is 1. The first kappa shape index (κ1) is 19.9. The molecule has 0 radical (unpaired) electrons. The van der Waals surface area contributed by atoms with Crippen molar-refractivity contribution in [1.82, 2.24) is 0 Å². The third kappa shape index (κ3) is 4.65. The van der Waals surface area contributed by atoms with E-state index in [1.54, 1.807) is 0 Å². The number of hydrogen-bond acceptors (Lipinski definition) is 11. The molecule has 0 aliphatic carbocycles. The van der Waals surface area contributed by atoms with Gasteiger partial charge in [-0.2, -0.15) is 0 Å². The molecule has 11 heteroatoms. The topological polar surface area (TPSA) is 194 Å². The number of carbonyl (C=O) groups is 2. The monoisotopic (exact) mass is 340 g/mol. The smallest absolute Gasteiger partial charge is 0.378 e. The van der Waals surface area contributed by atoms with Crippen LogP contribution in [0.2, 0.25) is 0 Å². The minimum atomic E-state index is -1.91. The van der Waals surface area contributed by atoms with Gasteiger partial charge in [0.25, 0.3) is 5.78 Å². The molecule has 1 unspecified atom stereocenters. The molecule has 23 heavy (non-hydrogen) atoms. The minimum Gasteiger partial charge on any atom is -0.450 e. The van der Waals surface area contributed by atoms with E-state index in [4.69, 9.17) is 20.1 Å². The Bertz CT molecular complexity index is 414. The molecule has 1 aliphatic heterocycles. The van der Waals surface area contributed by atoms with Crippen molar-refractivity contribution in [2.75, 3.05) is 19.8 Å². The molecule has 7 N–H and O–H groups in total. The van der Waals surface area contributed by atoms with Gasteiger partial charge >= 0.3 is 5.97 Å². The first-order valence-corrected chi connectivity index (χ1v) is 6.73. The highest BCUT2D eigenvalue weighted by Crippen LogP contribution is 2.19. The number of aliphatic hydroxyl groups excluding tert-OH is 7. The van der Waals surface area contributed by atoms with E-state index in [0.29, 0.717) is 0 Å². The predicted molar refractivity (Wildman–Crippen MR) is 68.8 cm³/mol.